The van der Waals surface area contributed by atoms with Crippen LogP contribution in [0.2, 0.25) is 0 Å². The van der Waals surface area contributed by atoms with E-state index in [-0.39, 0.29) is 17.9 Å². The minimum absolute atomic E-state index is 0.0415. The van der Waals surface area contributed by atoms with Crippen LogP contribution in [0.15, 0.2) is 24.3 Å². The fourth-order valence-electron chi connectivity index (χ4n) is 2.43. The highest BCUT2D eigenvalue weighted by atomic mass is 16.5. The van der Waals surface area contributed by atoms with Gasteiger partial charge in [0.1, 0.15) is 5.75 Å². The fraction of sp³-hybridized carbons (Fsp3) is 0.533. The summed E-state index contributed by atoms with van der Waals surface area (Å²) < 4.78 is 5.63. The number of nitrogens with zero attached hydrogens (tertiary/aromatic N) is 1. The average Bonchev–Trinajstić information content (AvgIpc) is 2.39. The number of benzene rings is 1. The molecule has 0 aromatic heterocycles. The molecule has 4 heteroatoms. The first-order valence-electron chi connectivity index (χ1n) is 6.87. The van der Waals surface area contributed by atoms with Crippen LogP contribution >= 0.6 is 0 Å². The summed E-state index contributed by atoms with van der Waals surface area (Å²) in [5.41, 5.74) is 6.52. The molecule has 1 aromatic carbocycles. The van der Waals surface area contributed by atoms with Crippen molar-refractivity contribution in [2.75, 3.05) is 18.0 Å². The Kier molecular flexibility index (Phi) is 4.30. The Morgan fingerprint density at radius 1 is 1.26 bits per heavy atom. The van der Waals surface area contributed by atoms with Crippen LogP contribution in [0.4, 0.5) is 5.69 Å². The zero-order valence-corrected chi connectivity index (χ0v) is 11.6. The lowest BCUT2D eigenvalue weighted by molar-refractivity contribution is -0.122. The van der Waals surface area contributed by atoms with E-state index in [0.29, 0.717) is 0 Å². The molecule has 2 N–H and O–H groups in total. The Hall–Kier alpha value is -1.71. The molecule has 1 amide bonds. The molecule has 1 heterocycles. The van der Waals surface area contributed by atoms with Gasteiger partial charge in [-0.2, -0.15) is 0 Å². The van der Waals surface area contributed by atoms with Crippen molar-refractivity contribution in [2.45, 2.75) is 32.8 Å². The SMILES string of the molecule is CC(C)Oc1ccc(N2CCC(C(N)=O)CC2)cc1. The van der Waals surface area contributed by atoms with E-state index >= 15 is 0 Å². The Labute approximate surface area is 114 Å². The second kappa shape index (κ2) is 5.95. The summed E-state index contributed by atoms with van der Waals surface area (Å²) >= 11 is 0. The largest absolute Gasteiger partial charge is 0.491 e. The molecular weight excluding hydrogens is 240 g/mol. The lowest BCUT2D eigenvalue weighted by Gasteiger charge is -2.32. The summed E-state index contributed by atoms with van der Waals surface area (Å²) in [4.78, 5) is 13.4. The molecule has 1 aliphatic heterocycles. The molecule has 0 spiro atoms. The van der Waals surface area contributed by atoms with Crippen LogP contribution in [0.1, 0.15) is 26.7 Å². The number of hydrogen-bond acceptors (Lipinski definition) is 3. The Bertz CT molecular complexity index is 420. The maximum atomic E-state index is 11.1. The van der Waals surface area contributed by atoms with E-state index in [1.54, 1.807) is 0 Å². The van der Waals surface area contributed by atoms with E-state index in [0.717, 1.165) is 31.7 Å². The lowest BCUT2D eigenvalue weighted by Crippen LogP contribution is -2.38. The van der Waals surface area contributed by atoms with Crippen molar-refractivity contribution in [3.63, 3.8) is 0 Å². The molecule has 1 fully saturated rings. The Morgan fingerprint density at radius 3 is 2.32 bits per heavy atom. The van der Waals surface area contributed by atoms with Gasteiger partial charge in [0, 0.05) is 24.7 Å². The molecule has 104 valence electrons. The number of primary amides is 1. The van der Waals surface area contributed by atoms with E-state index in [2.05, 4.69) is 17.0 Å². The van der Waals surface area contributed by atoms with Gasteiger partial charge in [0.15, 0.2) is 0 Å². The second-order valence-electron chi connectivity index (χ2n) is 5.32. The number of anilines is 1. The first-order valence-corrected chi connectivity index (χ1v) is 6.87. The smallest absolute Gasteiger partial charge is 0.220 e. The van der Waals surface area contributed by atoms with Crippen molar-refractivity contribution >= 4 is 11.6 Å². The third kappa shape index (κ3) is 3.63. The molecule has 0 radical (unpaired) electrons. The first-order chi connectivity index (χ1) is 9.06. The fourth-order valence-corrected chi connectivity index (χ4v) is 2.43. The number of carbonyl (C=O) groups excluding carboxylic acids is 1. The number of amides is 1. The lowest BCUT2D eigenvalue weighted by atomic mass is 9.96. The van der Waals surface area contributed by atoms with E-state index < -0.39 is 0 Å². The van der Waals surface area contributed by atoms with Gasteiger partial charge in [-0.3, -0.25) is 4.79 Å². The molecule has 0 bridgehead atoms. The van der Waals surface area contributed by atoms with Crippen LogP contribution in [0.25, 0.3) is 0 Å². The Morgan fingerprint density at radius 2 is 1.84 bits per heavy atom. The quantitative estimate of drug-likeness (QED) is 0.904. The molecular formula is C15H22N2O2. The Balaban J connectivity index is 1.94. The van der Waals surface area contributed by atoms with Gasteiger partial charge >= 0.3 is 0 Å². The maximum Gasteiger partial charge on any atom is 0.220 e. The normalized spacial score (nSPS) is 16.7. The average molecular weight is 262 g/mol. The van der Waals surface area contributed by atoms with Gasteiger partial charge < -0.3 is 15.4 Å². The van der Waals surface area contributed by atoms with Crippen molar-refractivity contribution in [1.29, 1.82) is 0 Å². The monoisotopic (exact) mass is 262 g/mol. The molecule has 2 rings (SSSR count). The molecule has 0 atom stereocenters. The number of rotatable bonds is 4. The maximum absolute atomic E-state index is 11.1. The van der Waals surface area contributed by atoms with Crippen LogP contribution in [-0.2, 0) is 4.79 Å². The molecule has 1 saturated heterocycles. The predicted molar refractivity (Wildman–Crippen MR) is 76.3 cm³/mol. The van der Waals surface area contributed by atoms with Crippen molar-refractivity contribution < 1.29 is 9.53 Å². The number of piperidine rings is 1. The van der Waals surface area contributed by atoms with Crippen molar-refractivity contribution in [2.24, 2.45) is 11.7 Å². The number of ether oxygens (including phenoxy) is 1. The topological polar surface area (TPSA) is 55.6 Å². The van der Waals surface area contributed by atoms with E-state index in [4.69, 9.17) is 10.5 Å². The van der Waals surface area contributed by atoms with Gasteiger partial charge in [0.2, 0.25) is 5.91 Å². The minimum atomic E-state index is -0.166. The summed E-state index contributed by atoms with van der Waals surface area (Å²) in [7, 11) is 0. The molecule has 1 aliphatic rings. The summed E-state index contributed by atoms with van der Waals surface area (Å²) in [5.74, 6) is 0.769. The van der Waals surface area contributed by atoms with Crippen LogP contribution in [-0.4, -0.2) is 25.1 Å². The van der Waals surface area contributed by atoms with Crippen LogP contribution in [0.3, 0.4) is 0 Å². The minimum Gasteiger partial charge on any atom is -0.491 e. The van der Waals surface area contributed by atoms with Gasteiger partial charge in [-0.25, -0.2) is 0 Å². The predicted octanol–water partition coefficient (Wildman–Crippen LogP) is 2.18. The first kappa shape index (κ1) is 13.7. The van der Waals surface area contributed by atoms with Gasteiger partial charge in [-0.05, 0) is 51.0 Å². The van der Waals surface area contributed by atoms with Crippen molar-refractivity contribution in [1.82, 2.24) is 0 Å². The highest BCUT2D eigenvalue weighted by Gasteiger charge is 2.23. The molecule has 4 nitrogen and oxygen atoms in total. The van der Waals surface area contributed by atoms with Gasteiger partial charge in [-0.1, -0.05) is 0 Å². The number of nitrogens with two attached hydrogens (primary N) is 1. The van der Waals surface area contributed by atoms with Crippen LogP contribution in [0.5, 0.6) is 5.75 Å². The third-order valence-electron chi connectivity index (χ3n) is 3.47. The number of carbonyl (C=O) groups is 1. The summed E-state index contributed by atoms with van der Waals surface area (Å²) in [6.45, 7) is 5.81. The highest BCUT2D eigenvalue weighted by molar-refractivity contribution is 5.77. The molecule has 0 aliphatic carbocycles. The van der Waals surface area contributed by atoms with Crippen LogP contribution < -0.4 is 15.4 Å². The zero-order chi connectivity index (χ0) is 13.8. The second-order valence-corrected chi connectivity index (χ2v) is 5.32. The van der Waals surface area contributed by atoms with Gasteiger partial charge in [0.05, 0.1) is 6.10 Å². The number of hydrogen-bond donors (Lipinski definition) is 1. The molecule has 19 heavy (non-hydrogen) atoms. The molecule has 1 aromatic rings. The molecule has 0 unspecified atom stereocenters. The van der Waals surface area contributed by atoms with Crippen molar-refractivity contribution in [3.05, 3.63) is 24.3 Å². The standard InChI is InChI=1S/C15H22N2O2/c1-11(2)19-14-5-3-13(4-6-14)17-9-7-12(8-10-17)15(16)18/h3-6,11-12H,7-10H2,1-2H3,(H2,16,18). The van der Waals surface area contributed by atoms with Gasteiger partial charge in [0.25, 0.3) is 0 Å². The summed E-state index contributed by atoms with van der Waals surface area (Å²) in [6.07, 6.45) is 1.89. The van der Waals surface area contributed by atoms with E-state index in [1.165, 1.54) is 5.69 Å². The van der Waals surface area contributed by atoms with Crippen molar-refractivity contribution in [3.8, 4) is 5.75 Å². The molecule has 0 saturated carbocycles. The van der Waals surface area contributed by atoms with E-state index in [1.807, 2.05) is 26.0 Å². The third-order valence-corrected chi connectivity index (χ3v) is 3.47. The highest BCUT2D eigenvalue weighted by Crippen LogP contribution is 2.25. The van der Waals surface area contributed by atoms with Gasteiger partial charge in [-0.15, -0.1) is 0 Å². The van der Waals surface area contributed by atoms with E-state index in [9.17, 15) is 4.79 Å². The zero-order valence-electron chi connectivity index (χ0n) is 11.6. The summed E-state index contributed by atoms with van der Waals surface area (Å²) in [5, 5.41) is 0. The summed E-state index contributed by atoms with van der Waals surface area (Å²) in [6, 6.07) is 8.13. The van der Waals surface area contributed by atoms with Crippen LogP contribution in [0, 0.1) is 5.92 Å².